The number of pyridine rings is 1. The first-order valence-electron chi connectivity index (χ1n) is 10.8. The number of fused-ring (bicyclic) bond motifs is 1. The fourth-order valence-corrected chi connectivity index (χ4v) is 5.46. The first kappa shape index (κ1) is 19.8. The van der Waals surface area contributed by atoms with Crippen LogP contribution in [0, 0.1) is 0 Å². The second-order valence-electron chi connectivity index (χ2n) is 8.48. The minimum Gasteiger partial charge on any atom is -0.383 e. The topological polar surface area (TPSA) is 52.5 Å². The van der Waals surface area contributed by atoms with E-state index in [1.165, 1.54) is 11.1 Å². The van der Waals surface area contributed by atoms with Crippen molar-refractivity contribution < 1.29 is 5.11 Å². The Bertz CT molecular complexity index is 982. The number of hydrogen-bond donors (Lipinski definition) is 1. The molecule has 1 saturated heterocycles. The van der Waals surface area contributed by atoms with Gasteiger partial charge in [-0.15, -0.1) is 11.3 Å². The predicted molar refractivity (Wildman–Crippen MR) is 119 cm³/mol. The van der Waals surface area contributed by atoms with Crippen molar-refractivity contribution in [1.82, 2.24) is 19.8 Å². The first-order chi connectivity index (χ1) is 14.7. The fourth-order valence-electron chi connectivity index (χ4n) is 4.54. The summed E-state index contributed by atoms with van der Waals surface area (Å²) >= 11 is 1.68. The third-order valence-electron chi connectivity index (χ3n) is 6.39. The van der Waals surface area contributed by atoms with Gasteiger partial charge in [0.25, 0.3) is 0 Å². The number of thiazole rings is 1. The zero-order valence-electron chi connectivity index (χ0n) is 17.2. The minimum atomic E-state index is -0.802. The molecule has 6 heteroatoms. The molecule has 1 aromatic carbocycles. The lowest BCUT2D eigenvalue weighted by Gasteiger charge is -2.37. The highest BCUT2D eigenvalue weighted by atomic mass is 32.1. The predicted octanol–water partition coefficient (Wildman–Crippen LogP) is 3.58. The van der Waals surface area contributed by atoms with Crippen molar-refractivity contribution in [3.8, 4) is 0 Å². The molecule has 0 spiro atoms. The molecule has 0 saturated carbocycles. The Kier molecular flexibility index (Phi) is 5.65. The van der Waals surface area contributed by atoms with Gasteiger partial charge in [-0.2, -0.15) is 0 Å². The Balaban J connectivity index is 1.18. The molecule has 30 heavy (non-hydrogen) atoms. The quantitative estimate of drug-likeness (QED) is 0.684. The van der Waals surface area contributed by atoms with Crippen molar-refractivity contribution in [1.29, 1.82) is 0 Å². The summed E-state index contributed by atoms with van der Waals surface area (Å²) in [5.41, 5.74) is 4.04. The summed E-state index contributed by atoms with van der Waals surface area (Å²) in [4.78, 5) is 14.1. The molecule has 1 fully saturated rings. The van der Waals surface area contributed by atoms with E-state index in [9.17, 15) is 5.11 Å². The lowest BCUT2D eigenvalue weighted by molar-refractivity contribution is -0.0310. The Labute approximate surface area is 182 Å². The van der Waals surface area contributed by atoms with Gasteiger partial charge in [0.15, 0.2) is 0 Å². The maximum Gasteiger partial charge on any atom is 0.110 e. The van der Waals surface area contributed by atoms with Crippen molar-refractivity contribution in [3.63, 3.8) is 0 Å². The third-order valence-corrected chi connectivity index (χ3v) is 7.23. The van der Waals surface area contributed by atoms with Crippen molar-refractivity contribution in [2.75, 3.05) is 19.6 Å². The van der Waals surface area contributed by atoms with Gasteiger partial charge in [0.1, 0.15) is 10.6 Å². The number of aliphatic hydroxyl groups is 1. The van der Waals surface area contributed by atoms with Crippen LogP contribution in [-0.2, 0) is 31.7 Å². The second-order valence-corrected chi connectivity index (χ2v) is 9.43. The average Bonchev–Trinajstić information content (AvgIpc) is 3.26. The van der Waals surface area contributed by atoms with Crippen molar-refractivity contribution in [2.45, 2.75) is 44.5 Å². The van der Waals surface area contributed by atoms with Crippen LogP contribution >= 0.6 is 11.3 Å². The fraction of sp³-hybridized carbons (Fsp3) is 0.417. The zero-order chi connectivity index (χ0) is 20.4. The number of piperidine rings is 1. The van der Waals surface area contributed by atoms with Crippen LogP contribution in [0.15, 0.2) is 54.0 Å². The molecule has 2 aliphatic heterocycles. The molecule has 0 unspecified atom stereocenters. The van der Waals surface area contributed by atoms with Crippen LogP contribution in [0.3, 0.4) is 0 Å². The summed E-state index contributed by atoms with van der Waals surface area (Å²) in [6, 6.07) is 14.8. The highest BCUT2D eigenvalue weighted by Crippen LogP contribution is 2.34. The molecule has 1 N–H and O–H groups in total. The van der Waals surface area contributed by atoms with Crippen LogP contribution in [0.4, 0.5) is 0 Å². The monoisotopic (exact) mass is 420 g/mol. The Morgan fingerprint density at radius 3 is 2.53 bits per heavy atom. The summed E-state index contributed by atoms with van der Waals surface area (Å²) in [7, 11) is 0. The number of nitrogens with zero attached hydrogens (tertiary/aromatic N) is 4. The van der Waals surface area contributed by atoms with Gasteiger partial charge in [-0.1, -0.05) is 30.3 Å². The number of hydrogen-bond acceptors (Lipinski definition) is 6. The van der Waals surface area contributed by atoms with E-state index in [4.69, 9.17) is 4.98 Å². The van der Waals surface area contributed by atoms with Crippen LogP contribution in [0.2, 0.25) is 0 Å². The van der Waals surface area contributed by atoms with Gasteiger partial charge in [-0.25, -0.2) is 4.98 Å². The highest BCUT2D eigenvalue weighted by Gasteiger charge is 2.36. The molecule has 5 nitrogen and oxygen atoms in total. The molecule has 4 heterocycles. The maximum absolute atomic E-state index is 11.3. The van der Waals surface area contributed by atoms with E-state index in [-0.39, 0.29) is 0 Å². The van der Waals surface area contributed by atoms with Gasteiger partial charge in [0, 0.05) is 44.3 Å². The molecule has 5 rings (SSSR count). The normalized spacial score (nSPS) is 19.5. The van der Waals surface area contributed by atoms with Gasteiger partial charge in [0.05, 0.1) is 17.9 Å². The Morgan fingerprint density at radius 2 is 1.73 bits per heavy atom. The summed E-state index contributed by atoms with van der Waals surface area (Å²) in [6.45, 7) is 5.48. The lowest BCUT2D eigenvalue weighted by Crippen LogP contribution is -2.42. The molecular formula is C24H28N4OS. The lowest BCUT2D eigenvalue weighted by atomic mass is 9.89. The third kappa shape index (κ3) is 4.32. The van der Waals surface area contributed by atoms with Gasteiger partial charge < -0.3 is 5.11 Å². The summed E-state index contributed by atoms with van der Waals surface area (Å²) in [6.07, 6.45) is 4.39. The largest absolute Gasteiger partial charge is 0.383 e. The number of aromatic nitrogens is 2. The average molecular weight is 421 g/mol. The maximum atomic E-state index is 11.3. The number of benzene rings is 1. The van der Waals surface area contributed by atoms with Gasteiger partial charge >= 0.3 is 0 Å². The van der Waals surface area contributed by atoms with E-state index in [1.54, 1.807) is 11.3 Å². The van der Waals surface area contributed by atoms with Gasteiger partial charge in [-0.05, 0) is 42.5 Å². The van der Waals surface area contributed by atoms with Crippen molar-refractivity contribution in [3.05, 3.63) is 81.6 Å². The zero-order valence-corrected chi connectivity index (χ0v) is 18.0. The molecule has 0 bridgehead atoms. The van der Waals surface area contributed by atoms with E-state index >= 15 is 0 Å². The standard InChI is InChI=1S/C24H28N4OS/c29-24(9-13-27(14-10-24)16-21-7-3-4-11-25-21)22-18-30-23(26-22)17-28-12-8-19-5-1-2-6-20(19)15-28/h1-7,11,18,29H,8-10,12-17H2. The Hall–Kier alpha value is -2.12. The van der Waals surface area contributed by atoms with Gasteiger partial charge in [0.2, 0.25) is 0 Å². The smallest absolute Gasteiger partial charge is 0.110 e. The molecule has 2 aromatic heterocycles. The molecule has 0 radical (unpaired) electrons. The molecule has 2 aliphatic rings. The molecule has 0 amide bonds. The van der Waals surface area contributed by atoms with Crippen LogP contribution in [0.5, 0.6) is 0 Å². The molecule has 0 atom stereocenters. The summed E-state index contributed by atoms with van der Waals surface area (Å²) < 4.78 is 0. The molecule has 3 aromatic rings. The number of likely N-dealkylation sites (tertiary alicyclic amines) is 1. The van der Waals surface area contributed by atoms with Crippen LogP contribution in [0.25, 0.3) is 0 Å². The van der Waals surface area contributed by atoms with Crippen molar-refractivity contribution >= 4 is 11.3 Å². The van der Waals surface area contributed by atoms with E-state index in [0.717, 1.165) is 74.9 Å². The van der Waals surface area contributed by atoms with Crippen LogP contribution in [-0.4, -0.2) is 44.5 Å². The van der Waals surface area contributed by atoms with Crippen LogP contribution in [0.1, 0.15) is 40.4 Å². The van der Waals surface area contributed by atoms with Crippen molar-refractivity contribution in [2.24, 2.45) is 0 Å². The highest BCUT2D eigenvalue weighted by molar-refractivity contribution is 7.09. The van der Waals surface area contributed by atoms with E-state index in [1.807, 2.05) is 18.3 Å². The molecule has 156 valence electrons. The summed E-state index contributed by atoms with van der Waals surface area (Å²) in [5, 5.41) is 14.4. The van der Waals surface area contributed by atoms with Gasteiger partial charge in [-0.3, -0.25) is 14.8 Å². The van der Waals surface area contributed by atoms with E-state index in [2.05, 4.69) is 50.5 Å². The number of rotatable bonds is 5. The molecule has 0 aliphatic carbocycles. The van der Waals surface area contributed by atoms with E-state index in [0.29, 0.717) is 0 Å². The van der Waals surface area contributed by atoms with E-state index < -0.39 is 5.60 Å². The molecular weight excluding hydrogens is 392 g/mol. The SMILES string of the molecule is OC1(c2csc(CN3CCc4ccccc4C3)n2)CCN(Cc2ccccn2)CC1. The first-order valence-corrected chi connectivity index (χ1v) is 11.6. The second kappa shape index (κ2) is 8.55. The van der Waals surface area contributed by atoms with Crippen LogP contribution < -0.4 is 0 Å². The summed E-state index contributed by atoms with van der Waals surface area (Å²) in [5.74, 6) is 0. The Morgan fingerprint density at radius 1 is 0.933 bits per heavy atom. The minimum absolute atomic E-state index is 0.722.